The second-order valence-corrected chi connectivity index (χ2v) is 2.94. The number of halogens is 2. The second-order valence-electron chi connectivity index (χ2n) is 2.94. The number of rotatable bonds is 4. The fourth-order valence-corrected chi connectivity index (χ4v) is 0.937. The molecule has 0 aliphatic rings. The van der Waals surface area contributed by atoms with Crippen molar-refractivity contribution in [2.75, 3.05) is 24.7 Å². The molecule has 1 unspecified atom stereocenters. The Morgan fingerprint density at radius 2 is 1.88 bits per heavy atom. The third-order valence-corrected chi connectivity index (χ3v) is 1.68. The molecule has 0 radical (unpaired) electrons. The van der Waals surface area contributed by atoms with Crippen molar-refractivity contribution in [2.24, 2.45) is 0 Å². The van der Waals surface area contributed by atoms with Crippen LogP contribution in [0.5, 0.6) is 5.75 Å². The van der Waals surface area contributed by atoms with E-state index in [0.29, 0.717) is 17.1 Å². The van der Waals surface area contributed by atoms with Crippen LogP contribution >= 0.6 is 24.8 Å². The van der Waals surface area contributed by atoms with Crippen molar-refractivity contribution in [3.05, 3.63) is 18.2 Å². The van der Waals surface area contributed by atoms with Crippen LogP contribution in [0, 0.1) is 0 Å². The molecule has 7 heteroatoms. The highest BCUT2D eigenvalue weighted by molar-refractivity contribution is 5.85. The van der Waals surface area contributed by atoms with E-state index in [1.54, 1.807) is 18.2 Å². The van der Waals surface area contributed by atoms with Gasteiger partial charge in [-0.1, -0.05) is 0 Å². The smallest absolute Gasteiger partial charge is 0.142 e. The number of anilines is 2. The topological polar surface area (TPSA) is 102 Å². The molecule has 1 atom stereocenters. The number of aliphatic hydroxyl groups excluding tert-OH is 2. The van der Waals surface area contributed by atoms with E-state index in [1.165, 1.54) is 0 Å². The maximum atomic E-state index is 9.02. The van der Waals surface area contributed by atoms with E-state index in [9.17, 15) is 0 Å². The summed E-state index contributed by atoms with van der Waals surface area (Å²) in [6.45, 7) is -0.334. The number of ether oxygens (including phenoxy) is 1. The molecule has 1 aromatic carbocycles. The molecule has 1 rings (SSSR count). The van der Waals surface area contributed by atoms with Crippen molar-refractivity contribution in [3.63, 3.8) is 0 Å². The molecule has 0 aromatic heterocycles. The minimum Gasteiger partial charge on any atom is -0.489 e. The summed E-state index contributed by atoms with van der Waals surface area (Å²) in [5.74, 6) is 0.451. The molecule has 0 bridgehead atoms. The normalized spacial score (nSPS) is 10.9. The van der Waals surface area contributed by atoms with Gasteiger partial charge in [-0.25, -0.2) is 0 Å². The summed E-state index contributed by atoms with van der Waals surface area (Å²) in [5.41, 5.74) is 12.1. The number of nitrogen functional groups attached to an aromatic ring is 2. The van der Waals surface area contributed by atoms with Gasteiger partial charge in [0.2, 0.25) is 0 Å². The Labute approximate surface area is 106 Å². The first kappa shape index (κ1) is 17.5. The molecule has 0 spiro atoms. The van der Waals surface area contributed by atoms with E-state index in [-0.39, 0.29) is 38.0 Å². The van der Waals surface area contributed by atoms with Crippen molar-refractivity contribution < 1.29 is 14.9 Å². The Hall–Kier alpha value is -0.880. The third kappa shape index (κ3) is 5.27. The van der Waals surface area contributed by atoms with Gasteiger partial charge in [-0.2, -0.15) is 0 Å². The zero-order valence-electron chi connectivity index (χ0n) is 8.50. The lowest BCUT2D eigenvalue weighted by Gasteiger charge is -2.11. The molecule has 0 fully saturated rings. The molecule has 6 N–H and O–H groups in total. The van der Waals surface area contributed by atoms with Gasteiger partial charge in [-0.15, -0.1) is 24.8 Å². The zero-order chi connectivity index (χ0) is 10.6. The number of hydrogen-bond acceptors (Lipinski definition) is 5. The number of aliphatic hydroxyl groups is 2. The summed E-state index contributed by atoms with van der Waals surface area (Å²) < 4.78 is 5.15. The van der Waals surface area contributed by atoms with Crippen molar-refractivity contribution >= 4 is 36.2 Å². The van der Waals surface area contributed by atoms with Gasteiger partial charge < -0.3 is 26.4 Å². The summed E-state index contributed by atoms with van der Waals surface area (Å²) in [4.78, 5) is 0. The van der Waals surface area contributed by atoms with Crippen molar-refractivity contribution in [2.45, 2.75) is 6.10 Å². The Kier molecular flexibility index (Phi) is 9.08. The van der Waals surface area contributed by atoms with Crippen LogP contribution in [0.15, 0.2) is 18.2 Å². The highest BCUT2D eigenvalue weighted by Gasteiger charge is 2.05. The van der Waals surface area contributed by atoms with Crippen LogP contribution < -0.4 is 16.2 Å². The number of nitrogens with two attached hydrogens (primary N) is 2. The zero-order valence-corrected chi connectivity index (χ0v) is 10.1. The molecular formula is C9H16Cl2N2O3. The molecule has 0 amide bonds. The molecule has 0 saturated heterocycles. The maximum absolute atomic E-state index is 9.02. The van der Waals surface area contributed by atoms with Crippen LogP contribution in [-0.2, 0) is 0 Å². The van der Waals surface area contributed by atoms with Gasteiger partial charge in [0.05, 0.1) is 12.3 Å². The fraction of sp³-hybridized carbons (Fsp3) is 0.333. The Morgan fingerprint density at radius 1 is 1.25 bits per heavy atom. The molecule has 0 heterocycles. The molecule has 0 aliphatic heterocycles. The minimum atomic E-state index is -0.896. The summed E-state index contributed by atoms with van der Waals surface area (Å²) in [7, 11) is 0. The van der Waals surface area contributed by atoms with Gasteiger partial charge in [0, 0.05) is 5.69 Å². The summed E-state index contributed by atoms with van der Waals surface area (Å²) in [6, 6.07) is 4.84. The van der Waals surface area contributed by atoms with Crippen LogP contribution in [0.1, 0.15) is 0 Å². The average molecular weight is 271 g/mol. The molecular weight excluding hydrogens is 255 g/mol. The SMILES string of the molecule is Cl.Cl.Nc1ccc(OCC(O)CO)c(N)c1. The van der Waals surface area contributed by atoms with Crippen molar-refractivity contribution in [1.82, 2.24) is 0 Å². The molecule has 1 aromatic rings. The van der Waals surface area contributed by atoms with Gasteiger partial charge in [0.25, 0.3) is 0 Å². The highest BCUT2D eigenvalue weighted by Crippen LogP contribution is 2.23. The van der Waals surface area contributed by atoms with Crippen LogP contribution in [0.4, 0.5) is 11.4 Å². The van der Waals surface area contributed by atoms with E-state index >= 15 is 0 Å². The van der Waals surface area contributed by atoms with Gasteiger partial charge in [-0.3, -0.25) is 0 Å². The average Bonchev–Trinajstić information content (AvgIpc) is 2.16. The Morgan fingerprint density at radius 3 is 2.38 bits per heavy atom. The van der Waals surface area contributed by atoms with Crippen LogP contribution in [-0.4, -0.2) is 29.5 Å². The first-order valence-electron chi connectivity index (χ1n) is 4.20. The molecule has 0 saturated carbocycles. The summed E-state index contributed by atoms with van der Waals surface area (Å²) in [5, 5.41) is 17.6. The maximum Gasteiger partial charge on any atom is 0.142 e. The monoisotopic (exact) mass is 270 g/mol. The quantitative estimate of drug-likeness (QED) is 0.595. The lowest BCUT2D eigenvalue weighted by molar-refractivity contribution is 0.0538. The molecule has 94 valence electrons. The van der Waals surface area contributed by atoms with Crippen LogP contribution in [0.25, 0.3) is 0 Å². The van der Waals surface area contributed by atoms with E-state index < -0.39 is 6.10 Å². The van der Waals surface area contributed by atoms with Gasteiger partial charge >= 0.3 is 0 Å². The Bertz CT molecular complexity index is 313. The largest absolute Gasteiger partial charge is 0.489 e. The van der Waals surface area contributed by atoms with E-state index in [2.05, 4.69) is 0 Å². The first-order valence-corrected chi connectivity index (χ1v) is 4.20. The minimum absolute atomic E-state index is 0. The van der Waals surface area contributed by atoms with E-state index in [0.717, 1.165) is 0 Å². The summed E-state index contributed by atoms with van der Waals surface area (Å²) in [6.07, 6.45) is -0.896. The van der Waals surface area contributed by atoms with Gasteiger partial charge in [0.15, 0.2) is 0 Å². The predicted octanol–water partition coefficient (Wildman–Crippen LogP) is 0.427. The first-order chi connectivity index (χ1) is 6.63. The molecule has 0 aliphatic carbocycles. The second kappa shape index (κ2) is 8.29. The number of hydrogen-bond donors (Lipinski definition) is 4. The van der Waals surface area contributed by atoms with Crippen molar-refractivity contribution in [3.8, 4) is 5.75 Å². The Balaban J connectivity index is 0. The van der Waals surface area contributed by atoms with E-state index in [1.807, 2.05) is 0 Å². The summed E-state index contributed by atoms with van der Waals surface area (Å²) >= 11 is 0. The fourth-order valence-electron chi connectivity index (χ4n) is 0.937. The van der Waals surface area contributed by atoms with Crippen LogP contribution in [0.3, 0.4) is 0 Å². The van der Waals surface area contributed by atoms with E-state index in [4.69, 9.17) is 26.4 Å². The highest BCUT2D eigenvalue weighted by atomic mass is 35.5. The van der Waals surface area contributed by atoms with Gasteiger partial charge in [0.1, 0.15) is 18.5 Å². The lowest BCUT2D eigenvalue weighted by atomic mass is 10.2. The lowest BCUT2D eigenvalue weighted by Crippen LogP contribution is -2.21. The van der Waals surface area contributed by atoms with Crippen molar-refractivity contribution in [1.29, 1.82) is 0 Å². The molecule has 5 nitrogen and oxygen atoms in total. The van der Waals surface area contributed by atoms with Gasteiger partial charge in [-0.05, 0) is 18.2 Å². The molecule has 16 heavy (non-hydrogen) atoms. The standard InChI is InChI=1S/C9H14N2O3.2ClH/c10-6-1-2-9(8(11)3-6)14-5-7(13)4-12;;/h1-3,7,12-13H,4-5,10-11H2;2*1H. The predicted molar refractivity (Wildman–Crippen MR) is 68.4 cm³/mol. The third-order valence-electron chi connectivity index (χ3n) is 1.68. The number of benzene rings is 1. The van der Waals surface area contributed by atoms with Crippen LogP contribution in [0.2, 0.25) is 0 Å².